The summed E-state index contributed by atoms with van der Waals surface area (Å²) in [6.45, 7) is 1.74. The molecule has 0 saturated heterocycles. The van der Waals surface area contributed by atoms with E-state index in [1.54, 1.807) is 4.57 Å². The summed E-state index contributed by atoms with van der Waals surface area (Å²) in [6, 6.07) is 7.75. The van der Waals surface area contributed by atoms with Crippen LogP contribution in [0.5, 0.6) is 0 Å². The first kappa shape index (κ1) is 11.8. The van der Waals surface area contributed by atoms with Gasteiger partial charge in [-0.3, -0.25) is 4.79 Å². The van der Waals surface area contributed by atoms with Crippen molar-refractivity contribution < 1.29 is 0 Å². The number of nitrogens with one attached hydrogen (secondary N) is 1. The Bertz CT molecular complexity index is 548. The molecular weight excluding hydrogens is 214 g/mol. The van der Waals surface area contributed by atoms with Crippen LogP contribution in [0.3, 0.4) is 0 Å². The first-order valence-electron chi connectivity index (χ1n) is 5.92. The molecule has 0 unspecified atom stereocenters. The summed E-state index contributed by atoms with van der Waals surface area (Å²) in [5, 5.41) is 3.11. The van der Waals surface area contributed by atoms with E-state index in [4.69, 9.17) is 0 Å². The first-order valence-corrected chi connectivity index (χ1v) is 5.92. The summed E-state index contributed by atoms with van der Waals surface area (Å²) in [7, 11) is 1.94. The standard InChI is InChI=1S/C13H17N3O/c1-14-8-4-5-9-16-12-7-3-2-6-11(12)15-10-13(16)17/h2-3,6-7,10,14H,4-5,8-9H2,1H3. The Hall–Kier alpha value is -1.68. The third kappa shape index (κ3) is 2.71. The summed E-state index contributed by atoms with van der Waals surface area (Å²) in [5.41, 5.74) is 1.78. The molecule has 0 saturated carbocycles. The second kappa shape index (κ2) is 5.59. The fourth-order valence-electron chi connectivity index (χ4n) is 1.92. The quantitative estimate of drug-likeness (QED) is 0.791. The highest BCUT2D eigenvalue weighted by Gasteiger charge is 2.02. The third-order valence-corrected chi connectivity index (χ3v) is 2.81. The zero-order valence-electron chi connectivity index (χ0n) is 10.0. The van der Waals surface area contributed by atoms with Crippen molar-refractivity contribution in [3.05, 3.63) is 40.8 Å². The SMILES string of the molecule is CNCCCCn1c(=O)cnc2ccccc21. The molecule has 1 aromatic carbocycles. The number of hydrogen-bond acceptors (Lipinski definition) is 3. The van der Waals surface area contributed by atoms with Gasteiger partial charge in [0.1, 0.15) is 0 Å². The predicted molar refractivity (Wildman–Crippen MR) is 69.2 cm³/mol. The molecule has 4 heteroatoms. The molecule has 17 heavy (non-hydrogen) atoms. The topological polar surface area (TPSA) is 46.9 Å². The maximum absolute atomic E-state index is 11.8. The Morgan fingerprint density at radius 2 is 2.12 bits per heavy atom. The van der Waals surface area contributed by atoms with Crippen LogP contribution in [0.1, 0.15) is 12.8 Å². The molecule has 0 radical (unpaired) electrons. The van der Waals surface area contributed by atoms with Gasteiger partial charge in [-0.15, -0.1) is 0 Å². The molecule has 0 aliphatic heterocycles. The highest BCUT2D eigenvalue weighted by molar-refractivity contribution is 5.74. The highest BCUT2D eigenvalue weighted by Crippen LogP contribution is 2.08. The summed E-state index contributed by atoms with van der Waals surface area (Å²) < 4.78 is 1.80. The predicted octanol–water partition coefficient (Wildman–Crippen LogP) is 1.40. The van der Waals surface area contributed by atoms with Gasteiger partial charge in [0.25, 0.3) is 5.56 Å². The van der Waals surface area contributed by atoms with E-state index in [0.29, 0.717) is 0 Å². The molecule has 90 valence electrons. The summed E-state index contributed by atoms with van der Waals surface area (Å²) in [6.07, 6.45) is 3.47. The van der Waals surface area contributed by atoms with Crippen LogP contribution in [0.25, 0.3) is 11.0 Å². The first-order chi connectivity index (χ1) is 8.33. The van der Waals surface area contributed by atoms with Gasteiger partial charge < -0.3 is 9.88 Å². The normalized spacial score (nSPS) is 10.9. The van der Waals surface area contributed by atoms with E-state index >= 15 is 0 Å². The van der Waals surface area contributed by atoms with Gasteiger partial charge in [-0.25, -0.2) is 4.98 Å². The molecule has 0 bridgehead atoms. The lowest BCUT2D eigenvalue weighted by Crippen LogP contribution is -2.21. The highest BCUT2D eigenvalue weighted by atomic mass is 16.1. The minimum absolute atomic E-state index is 0.0202. The van der Waals surface area contributed by atoms with Gasteiger partial charge >= 0.3 is 0 Å². The van der Waals surface area contributed by atoms with Crippen LogP contribution in [0.15, 0.2) is 35.3 Å². The number of para-hydroxylation sites is 2. The van der Waals surface area contributed by atoms with E-state index in [9.17, 15) is 4.79 Å². The summed E-state index contributed by atoms with van der Waals surface area (Å²) >= 11 is 0. The number of aromatic nitrogens is 2. The molecule has 2 aromatic rings. The van der Waals surface area contributed by atoms with Crippen molar-refractivity contribution in [1.82, 2.24) is 14.9 Å². The van der Waals surface area contributed by atoms with E-state index in [0.717, 1.165) is 37.0 Å². The van der Waals surface area contributed by atoms with Gasteiger partial charge in [0.05, 0.1) is 17.2 Å². The molecule has 1 aromatic heterocycles. The third-order valence-electron chi connectivity index (χ3n) is 2.81. The lowest BCUT2D eigenvalue weighted by Gasteiger charge is -2.08. The largest absolute Gasteiger partial charge is 0.320 e. The fourth-order valence-corrected chi connectivity index (χ4v) is 1.92. The van der Waals surface area contributed by atoms with Crippen LogP contribution in [0, 0.1) is 0 Å². The van der Waals surface area contributed by atoms with Crippen molar-refractivity contribution in [3.8, 4) is 0 Å². The molecule has 0 amide bonds. The zero-order chi connectivity index (χ0) is 12.1. The van der Waals surface area contributed by atoms with Gasteiger partial charge in [0.15, 0.2) is 0 Å². The molecule has 1 N–H and O–H groups in total. The number of rotatable bonds is 5. The second-order valence-electron chi connectivity index (χ2n) is 4.05. The number of fused-ring (bicyclic) bond motifs is 1. The fraction of sp³-hybridized carbons (Fsp3) is 0.385. The Morgan fingerprint density at radius 1 is 1.29 bits per heavy atom. The van der Waals surface area contributed by atoms with Gasteiger partial charge in [-0.2, -0.15) is 0 Å². The lowest BCUT2D eigenvalue weighted by molar-refractivity contribution is 0.589. The van der Waals surface area contributed by atoms with E-state index in [-0.39, 0.29) is 5.56 Å². The van der Waals surface area contributed by atoms with Crippen LogP contribution in [-0.4, -0.2) is 23.1 Å². The molecule has 0 aliphatic carbocycles. The van der Waals surface area contributed by atoms with E-state index in [2.05, 4.69) is 10.3 Å². The summed E-state index contributed by atoms with van der Waals surface area (Å²) in [5.74, 6) is 0. The van der Waals surface area contributed by atoms with Crippen molar-refractivity contribution >= 4 is 11.0 Å². The lowest BCUT2D eigenvalue weighted by atomic mass is 10.2. The monoisotopic (exact) mass is 231 g/mol. The molecule has 1 heterocycles. The van der Waals surface area contributed by atoms with Crippen LogP contribution in [-0.2, 0) is 6.54 Å². The number of unbranched alkanes of at least 4 members (excludes halogenated alkanes) is 1. The van der Waals surface area contributed by atoms with Gasteiger partial charge in [-0.1, -0.05) is 12.1 Å². The van der Waals surface area contributed by atoms with Crippen molar-refractivity contribution in [2.75, 3.05) is 13.6 Å². The molecule has 4 nitrogen and oxygen atoms in total. The van der Waals surface area contributed by atoms with Crippen LogP contribution < -0.4 is 10.9 Å². The molecular formula is C13H17N3O. The smallest absolute Gasteiger partial charge is 0.269 e. The molecule has 0 fully saturated rings. The van der Waals surface area contributed by atoms with Crippen molar-refractivity contribution in [2.45, 2.75) is 19.4 Å². The van der Waals surface area contributed by atoms with Gasteiger partial charge in [-0.05, 0) is 38.6 Å². The minimum atomic E-state index is -0.0202. The van der Waals surface area contributed by atoms with Gasteiger partial charge in [0, 0.05) is 6.54 Å². The minimum Gasteiger partial charge on any atom is -0.320 e. The van der Waals surface area contributed by atoms with Crippen molar-refractivity contribution in [3.63, 3.8) is 0 Å². The number of nitrogens with zero attached hydrogens (tertiary/aromatic N) is 2. The maximum atomic E-state index is 11.8. The Labute approximate surface area is 100 Å². The van der Waals surface area contributed by atoms with Crippen LogP contribution >= 0.6 is 0 Å². The van der Waals surface area contributed by atoms with E-state index < -0.39 is 0 Å². The Balaban J connectivity index is 2.25. The van der Waals surface area contributed by atoms with Crippen LogP contribution in [0.4, 0.5) is 0 Å². The zero-order valence-corrected chi connectivity index (χ0v) is 10.0. The Kier molecular flexibility index (Phi) is 3.88. The second-order valence-corrected chi connectivity index (χ2v) is 4.05. The molecule has 0 aliphatic rings. The average Bonchev–Trinajstić information content (AvgIpc) is 2.37. The van der Waals surface area contributed by atoms with Gasteiger partial charge in [0.2, 0.25) is 0 Å². The number of aryl methyl sites for hydroxylation is 1. The maximum Gasteiger partial charge on any atom is 0.269 e. The molecule has 0 spiro atoms. The van der Waals surface area contributed by atoms with E-state index in [1.165, 1.54) is 6.20 Å². The van der Waals surface area contributed by atoms with Crippen molar-refractivity contribution in [2.24, 2.45) is 0 Å². The summed E-state index contributed by atoms with van der Waals surface area (Å²) in [4.78, 5) is 15.9. The van der Waals surface area contributed by atoms with Crippen LogP contribution in [0.2, 0.25) is 0 Å². The molecule has 2 rings (SSSR count). The van der Waals surface area contributed by atoms with Crippen molar-refractivity contribution in [1.29, 1.82) is 0 Å². The van der Waals surface area contributed by atoms with E-state index in [1.807, 2.05) is 31.3 Å². The number of hydrogen-bond donors (Lipinski definition) is 1. The number of benzene rings is 1. The average molecular weight is 231 g/mol. The molecule has 0 atom stereocenters. The Morgan fingerprint density at radius 3 is 2.94 bits per heavy atom.